The van der Waals surface area contributed by atoms with Crippen molar-refractivity contribution < 1.29 is 13.9 Å². The zero-order valence-corrected chi connectivity index (χ0v) is 16.3. The minimum Gasteiger partial charge on any atom is -0.497 e. The monoisotopic (exact) mass is 408 g/mol. The molecule has 6 nitrogen and oxygen atoms in total. The normalized spacial score (nSPS) is 10.8. The first-order valence-electron chi connectivity index (χ1n) is 8.79. The number of benzene rings is 2. The minimum atomic E-state index is -0.347. The van der Waals surface area contributed by atoms with Crippen molar-refractivity contribution >= 4 is 34.4 Å². The van der Waals surface area contributed by atoms with E-state index in [2.05, 4.69) is 20.3 Å². The van der Waals surface area contributed by atoms with Crippen LogP contribution in [-0.2, 0) is 4.79 Å². The number of fused-ring (bicyclic) bond motifs is 1. The molecule has 0 aliphatic heterocycles. The summed E-state index contributed by atoms with van der Waals surface area (Å²) in [5.41, 5.74) is 4.06. The molecule has 0 spiro atoms. The largest absolute Gasteiger partial charge is 0.497 e. The van der Waals surface area contributed by atoms with Crippen molar-refractivity contribution in [1.29, 1.82) is 0 Å². The zero-order chi connectivity index (χ0) is 20.2. The van der Waals surface area contributed by atoms with Gasteiger partial charge >= 0.3 is 0 Å². The number of hydrogen-bond donors (Lipinski definition) is 2. The van der Waals surface area contributed by atoms with Crippen LogP contribution in [0.4, 0.5) is 10.1 Å². The number of aromatic nitrogens is 3. The summed E-state index contributed by atoms with van der Waals surface area (Å²) in [6.45, 7) is 0. The van der Waals surface area contributed by atoms with Crippen LogP contribution in [0.15, 0.2) is 66.1 Å². The topological polar surface area (TPSA) is 79.9 Å². The third-order valence-electron chi connectivity index (χ3n) is 4.30. The fraction of sp³-hybridized carbons (Fsp3) is 0.0952. The number of nitrogens with one attached hydrogen (secondary N) is 2. The average Bonchev–Trinajstić information content (AvgIpc) is 3.19. The first-order valence-corrected chi connectivity index (χ1v) is 9.77. The van der Waals surface area contributed by atoms with Gasteiger partial charge in [0, 0.05) is 17.4 Å². The number of amides is 1. The summed E-state index contributed by atoms with van der Waals surface area (Å²) in [4.78, 5) is 24.1. The molecule has 0 aliphatic rings. The maximum atomic E-state index is 13.0. The quantitative estimate of drug-likeness (QED) is 0.363. The molecule has 2 heterocycles. The van der Waals surface area contributed by atoms with Crippen molar-refractivity contribution in [2.24, 2.45) is 0 Å². The fourth-order valence-corrected chi connectivity index (χ4v) is 3.64. The second kappa shape index (κ2) is 8.32. The summed E-state index contributed by atoms with van der Waals surface area (Å²) in [6, 6.07) is 13.4. The number of halogens is 1. The predicted molar refractivity (Wildman–Crippen MR) is 112 cm³/mol. The Hall–Kier alpha value is -3.39. The highest BCUT2D eigenvalue weighted by molar-refractivity contribution is 8.00. The van der Waals surface area contributed by atoms with Crippen LogP contribution in [0.3, 0.4) is 0 Å². The summed E-state index contributed by atoms with van der Waals surface area (Å²) < 4.78 is 18.2. The highest BCUT2D eigenvalue weighted by Crippen LogP contribution is 2.32. The van der Waals surface area contributed by atoms with Gasteiger partial charge in [0.25, 0.3) is 0 Å². The minimum absolute atomic E-state index is 0.167. The van der Waals surface area contributed by atoms with Gasteiger partial charge in [-0.2, -0.15) is 0 Å². The van der Waals surface area contributed by atoms with E-state index in [0.717, 1.165) is 27.9 Å². The molecule has 8 heteroatoms. The Morgan fingerprint density at radius 2 is 1.90 bits per heavy atom. The molecule has 0 atom stereocenters. The second-order valence-electron chi connectivity index (χ2n) is 6.18. The molecule has 0 unspecified atom stereocenters. The van der Waals surface area contributed by atoms with Gasteiger partial charge in [0.15, 0.2) is 0 Å². The van der Waals surface area contributed by atoms with Crippen LogP contribution in [0.2, 0.25) is 0 Å². The molecule has 0 aliphatic carbocycles. The highest BCUT2D eigenvalue weighted by atomic mass is 32.2. The van der Waals surface area contributed by atoms with Crippen LogP contribution < -0.4 is 10.1 Å². The lowest BCUT2D eigenvalue weighted by Crippen LogP contribution is -2.14. The number of carbonyl (C=O) groups is 1. The molecule has 29 heavy (non-hydrogen) atoms. The van der Waals surface area contributed by atoms with Gasteiger partial charge in [0.2, 0.25) is 5.91 Å². The second-order valence-corrected chi connectivity index (χ2v) is 7.14. The van der Waals surface area contributed by atoms with E-state index >= 15 is 0 Å². The Kier molecular flexibility index (Phi) is 5.44. The number of anilines is 1. The maximum absolute atomic E-state index is 13.0. The van der Waals surface area contributed by atoms with Crippen LogP contribution in [0.25, 0.3) is 22.2 Å². The Morgan fingerprint density at radius 1 is 1.14 bits per heavy atom. The molecule has 2 aromatic carbocycles. The number of ether oxygens (including phenoxy) is 1. The van der Waals surface area contributed by atoms with Crippen LogP contribution in [-0.4, -0.2) is 33.7 Å². The molecule has 2 N–H and O–H groups in total. The van der Waals surface area contributed by atoms with Crippen molar-refractivity contribution in [3.05, 3.63) is 66.9 Å². The zero-order valence-electron chi connectivity index (χ0n) is 15.5. The van der Waals surface area contributed by atoms with Gasteiger partial charge in [0.1, 0.15) is 28.4 Å². The van der Waals surface area contributed by atoms with Crippen molar-refractivity contribution in [1.82, 2.24) is 15.0 Å². The van der Waals surface area contributed by atoms with E-state index in [0.29, 0.717) is 10.7 Å². The Balaban J connectivity index is 1.50. The molecule has 0 fully saturated rings. The summed E-state index contributed by atoms with van der Waals surface area (Å²) in [5, 5.41) is 3.42. The number of methoxy groups -OCH3 is 1. The standard InChI is InChI=1S/C21H17FN4O2S/c1-28-16-8-2-13(3-9-16)17-10-23-20-19(17)24-12-25-21(20)29-11-18(27)26-15-6-4-14(22)5-7-15/h2-10,12,23H,11H2,1H3,(H,26,27). The van der Waals surface area contributed by atoms with Crippen LogP contribution in [0.1, 0.15) is 0 Å². The van der Waals surface area contributed by atoms with Crippen LogP contribution in [0, 0.1) is 5.82 Å². The molecule has 0 saturated carbocycles. The average molecular weight is 408 g/mol. The van der Waals surface area contributed by atoms with E-state index in [1.165, 1.54) is 42.4 Å². The van der Waals surface area contributed by atoms with E-state index in [4.69, 9.17) is 4.74 Å². The number of rotatable bonds is 6. The van der Waals surface area contributed by atoms with E-state index < -0.39 is 0 Å². The van der Waals surface area contributed by atoms with Gasteiger partial charge in [-0.1, -0.05) is 23.9 Å². The molecule has 4 aromatic rings. The Labute approximate surface area is 170 Å². The Morgan fingerprint density at radius 3 is 2.62 bits per heavy atom. The van der Waals surface area contributed by atoms with E-state index in [9.17, 15) is 9.18 Å². The lowest BCUT2D eigenvalue weighted by Gasteiger charge is -2.06. The van der Waals surface area contributed by atoms with E-state index in [1.54, 1.807) is 7.11 Å². The number of aromatic amines is 1. The van der Waals surface area contributed by atoms with E-state index in [1.807, 2.05) is 30.5 Å². The van der Waals surface area contributed by atoms with Crippen molar-refractivity contribution in [3.63, 3.8) is 0 Å². The molecule has 0 saturated heterocycles. The molecule has 0 bridgehead atoms. The molecule has 4 rings (SSSR count). The highest BCUT2D eigenvalue weighted by Gasteiger charge is 2.13. The van der Waals surface area contributed by atoms with Gasteiger partial charge in [0.05, 0.1) is 18.4 Å². The summed E-state index contributed by atoms with van der Waals surface area (Å²) in [5.74, 6) is 0.405. The van der Waals surface area contributed by atoms with Gasteiger partial charge in [-0.05, 0) is 42.0 Å². The van der Waals surface area contributed by atoms with Crippen LogP contribution in [0.5, 0.6) is 5.75 Å². The number of thioether (sulfide) groups is 1. The molecule has 2 aromatic heterocycles. The molecule has 1 amide bonds. The van der Waals surface area contributed by atoms with Gasteiger partial charge in [-0.15, -0.1) is 0 Å². The number of carbonyl (C=O) groups excluding carboxylic acids is 1. The fourth-order valence-electron chi connectivity index (χ4n) is 2.88. The van der Waals surface area contributed by atoms with Crippen molar-refractivity contribution in [2.75, 3.05) is 18.2 Å². The lowest BCUT2D eigenvalue weighted by atomic mass is 10.1. The molecular weight excluding hydrogens is 391 g/mol. The first-order chi connectivity index (χ1) is 14.1. The van der Waals surface area contributed by atoms with Gasteiger partial charge in [-0.25, -0.2) is 14.4 Å². The molecule has 0 radical (unpaired) electrons. The van der Waals surface area contributed by atoms with Gasteiger partial charge < -0.3 is 15.0 Å². The molecule has 146 valence electrons. The third kappa shape index (κ3) is 4.22. The molecular formula is C21H17FN4O2S. The van der Waals surface area contributed by atoms with Gasteiger partial charge in [-0.3, -0.25) is 4.79 Å². The maximum Gasteiger partial charge on any atom is 0.234 e. The van der Waals surface area contributed by atoms with E-state index in [-0.39, 0.29) is 17.5 Å². The lowest BCUT2D eigenvalue weighted by molar-refractivity contribution is -0.113. The number of H-pyrrole nitrogens is 1. The Bertz CT molecular complexity index is 1140. The van der Waals surface area contributed by atoms with Crippen molar-refractivity contribution in [2.45, 2.75) is 5.03 Å². The predicted octanol–water partition coefficient (Wildman–Crippen LogP) is 4.50. The van der Waals surface area contributed by atoms with Crippen LogP contribution >= 0.6 is 11.8 Å². The SMILES string of the molecule is COc1ccc(-c2c[nH]c3c(SCC(=O)Nc4ccc(F)cc4)ncnc23)cc1. The summed E-state index contributed by atoms with van der Waals surface area (Å²) >= 11 is 1.31. The smallest absolute Gasteiger partial charge is 0.234 e. The summed E-state index contributed by atoms with van der Waals surface area (Å²) in [7, 11) is 1.63. The number of nitrogens with zero attached hydrogens (tertiary/aromatic N) is 2. The van der Waals surface area contributed by atoms with Crippen molar-refractivity contribution in [3.8, 4) is 16.9 Å². The first kappa shape index (κ1) is 18.9. The summed E-state index contributed by atoms with van der Waals surface area (Å²) in [6.07, 6.45) is 3.37. The third-order valence-corrected chi connectivity index (χ3v) is 5.29. The number of hydrogen-bond acceptors (Lipinski definition) is 5.